The quantitative estimate of drug-likeness (QED) is 0.469. The van der Waals surface area contributed by atoms with Crippen LogP contribution in [0.3, 0.4) is 0 Å². The summed E-state index contributed by atoms with van der Waals surface area (Å²) in [6, 6.07) is 14.6. The predicted molar refractivity (Wildman–Crippen MR) is 122 cm³/mol. The molecule has 0 N–H and O–H groups in total. The minimum absolute atomic E-state index is 0.0308. The van der Waals surface area contributed by atoms with Gasteiger partial charge < -0.3 is 14.3 Å². The molecule has 0 bridgehead atoms. The average Bonchev–Trinajstić information content (AvgIpc) is 3.27. The standard InChI is InChI=1S/C24H21BrFN3O4/c25-21-4-2-1-3-20(21)24(32)29-11-9-28(10-12-29)23(31)15-19(30)13-18-14-22(33-27-18)16-5-7-17(26)8-6-16/h1-8,14H,9-13,15H2. The normalized spacial score (nSPS) is 13.8. The van der Waals surface area contributed by atoms with Crippen molar-refractivity contribution in [2.75, 3.05) is 26.2 Å². The van der Waals surface area contributed by atoms with Crippen LogP contribution in [0, 0.1) is 5.82 Å². The summed E-state index contributed by atoms with van der Waals surface area (Å²) in [4.78, 5) is 41.0. The number of aromatic nitrogens is 1. The number of benzene rings is 2. The zero-order valence-corrected chi connectivity index (χ0v) is 19.3. The molecule has 0 unspecified atom stereocenters. The number of halogens is 2. The van der Waals surface area contributed by atoms with E-state index in [1.165, 1.54) is 12.1 Å². The second-order valence-electron chi connectivity index (χ2n) is 7.73. The lowest BCUT2D eigenvalue weighted by molar-refractivity contribution is -0.136. The first-order valence-electron chi connectivity index (χ1n) is 10.5. The molecule has 1 saturated heterocycles. The summed E-state index contributed by atoms with van der Waals surface area (Å²) >= 11 is 3.39. The number of rotatable bonds is 6. The molecule has 0 atom stereocenters. The molecule has 0 aliphatic carbocycles. The predicted octanol–water partition coefficient (Wildman–Crippen LogP) is 3.73. The number of carbonyl (C=O) groups excluding carboxylic acids is 3. The second kappa shape index (κ2) is 10.1. The van der Waals surface area contributed by atoms with Crippen molar-refractivity contribution in [2.45, 2.75) is 12.8 Å². The lowest BCUT2D eigenvalue weighted by atomic mass is 10.1. The first-order valence-corrected chi connectivity index (χ1v) is 11.2. The van der Waals surface area contributed by atoms with Gasteiger partial charge in [0, 0.05) is 42.3 Å². The molecule has 2 amide bonds. The van der Waals surface area contributed by atoms with Crippen LogP contribution in [0.5, 0.6) is 0 Å². The summed E-state index contributed by atoms with van der Waals surface area (Å²) in [7, 11) is 0. The van der Waals surface area contributed by atoms with Gasteiger partial charge >= 0.3 is 0 Å². The Morgan fingerprint density at radius 3 is 2.33 bits per heavy atom. The molecule has 0 spiro atoms. The van der Waals surface area contributed by atoms with Crippen molar-refractivity contribution in [1.29, 1.82) is 0 Å². The molecule has 1 aliphatic heterocycles. The number of ketones is 1. The van der Waals surface area contributed by atoms with Gasteiger partial charge in [-0.15, -0.1) is 0 Å². The number of nitrogens with zero attached hydrogens (tertiary/aromatic N) is 3. The molecular weight excluding hydrogens is 493 g/mol. The first kappa shape index (κ1) is 22.8. The van der Waals surface area contributed by atoms with Crippen LogP contribution in [-0.4, -0.2) is 58.7 Å². The van der Waals surface area contributed by atoms with Gasteiger partial charge in [-0.2, -0.15) is 0 Å². The van der Waals surface area contributed by atoms with Gasteiger partial charge in [-0.25, -0.2) is 4.39 Å². The Bertz CT molecular complexity index is 1170. The SMILES string of the molecule is O=C(CC(=O)N1CCN(C(=O)c2ccccc2Br)CC1)Cc1cc(-c2ccc(F)cc2)on1. The smallest absolute Gasteiger partial charge is 0.255 e. The van der Waals surface area contributed by atoms with Gasteiger partial charge in [-0.1, -0.05) is 17.3 Å². The highest BCUT2D eigenvalue weighted by Crippen LogP contribution is 2.21. The van der Waals surface area contributed by atoms with Gasteiger partial charge in [0.05, 0.1) is 24.1 Å². The van der Waals surface area contributed by atoms with Gasteiger partial charge in [0.1, 0.15) is 11.6 Å². The Hall–Kier alpha value is -3.33. The highest BCUT2D eigenvalue weighted by atomic mass is 79.9. The largest absolute Gasteiger partial charge is 0.356 e. The molecule has 9 heteroatoms. The Balaban J connectivity index is 1.27. The summed E-state index contributed by atoms with van der Waals surface area (Å²) in [5.41, 5.74) is 1.64. The van der Waals surface area contributed by atoms with Gasteiger partial charge in [0.2, 0.25) is 5.91 Å². The fraction of sp³-hybridized carbons (Fsp3) is 0.250. The van der Waals surface area contributed by atoms with Crippen molar-refractivity contribution in [3.8, 4) is 11.3 Å². The maximum Gasteiger partial charge on any atom is 0.255 e. The van der Waals surface area contributed by atoms with Crippen LogP contribution in [0.2, 0.25) is 0 Å². The monoisotopic (exact) mass is 513 g/mol. The molecule has 2 aromatic carbocycles. The third-order valence-corrected chi connectivity index (χ3v) is 6.13. The first-order chi connectivity index (χ1) is 15.9. The van der Waals surface area contributed by atoms with E-state index in [0.29, 0.717) is 48.8 Å². The van der Waals surface area contributed by atoms with Crippen molar-refractivity contribution in [3.05, 3.63) is 76.1 Å². The van der Waals surface area contributed by atoms with Crippen molar-refractivity contribution in [1.82, 2.24) is 15.0 Å². The van der Waals surface area contributed by atoms with E-state index in [1.54, 1.807) is 40.1 Å². The van der Waals surface area contributed by atoms with E-state index < -0.39 is 0 Å². The lowest BCUT2D eigenvalue weighted by Crippen LogP contribution is -2.51. The molecule has 33 heavy (non-hydrogen) atoms. The molecule has 7 nitrogen and oxygen atoms in total. The fourth-order valence-corrected chi connectivity index (χ4v) is 4.11. The minimum atomic E-state index is -0.356. The molecule has 0 radical (unpaired) electrons. The maximum absolute atomic E-state index is 13.1. The lowest BCUT2D eigenvalue weighted by Gasteiger charge is -2.35. The van der Waals surface area contributed by atoms with Crippen LogP contribution in [0.4, 0.5) is 4.39 Å². The zero-order chi connectivity index (χ0) is 23.4. The molecule has 1 aliphatic rings. The number of carbonyl (C=O) groups is 3. The Kier molecular flexibility index (Phi) is 6.98. The second-order valence-corrected chi connectivity index (χ2v) is 8.59. The number of piperazine rings is 1. The number of Topliss-reactive ketones (excluding diaryl/α,β-unsaturated/α-hetero) is 1. The van der Waals surface area contributed by atoms with Gasteiger partial charge in [0.15, 0.2) is 5.76 Å². The third-order valence-electron chi connectivity index (χ3n) is 5.44. The van der Waals surface area contributed by atoms with Crippen LogP contribution in [0.15, 0.2) is 63.6 Å². The van der Waals surface area contributed by atoms with E-state index in [4.69, 9.17) is 4.52 Å². The third kappa shape index (κ3) is 5.54. The van der Waals surface area contributed by atoms with Crippen LogP contribution in [0.1, 0.15) is 22.5 Å². The van der Waals surface area contributed by atoms with E-state index in [9.17, 15) is 18.8 Å². The molecule has 1 aromatic heterocycles. The number of hydrogen-bond donors (Lipinski definition) is 0. The van der Waals surface area contributed by atoms with Gasteiger partial charge in [0.25, 0.3) is 5.91 Å². The summed E-state index contributed by atoms with van der Waals surface area (Å²) in [6.07, 6.45) is -0.270. The summed E-state index contributed by atoms with van der Waals surface area (Å²) in [5.74, 6) is -0.560. The number of hydrogen-bond acceptors (Lipinski definition) is 5. The van der Waals surface area contributed by atoms with E-state index in [0.717, 1.165) is 4.47 Å². The Morgan fingerprint density at radius 2 is 1.64 bits per heavy atom. The average molecular weight is 514 g/mol. The molecule has 4 rings (SSSR count). The van der Waals surface area contributed by atoms with Crippen LogP contribution >= 0.6 is 15.9 Å². The summed E-state index contributed by atoms with van der Waals surface area (Å²) in [6.45, 7) is 1.57. The number of amides is 2. The van der Waals surface area contributed by atoms with Crippen LogP contribution < -0.4 is 0 Å². The summed E-state index contributed by atoms with van der Waals surface area (Å²) in [5, 5.41) is 3.88. The minimum Gasteiger partial charge on any atom is -0.356 e. The Labute approximate surface area is 198 Å². The highest BCUT2D eigenvalue weighted by molar-refractivity contribution is 9.10. The maximum atomic E-state index is 13.1. The van der Waals surface area contributed by atoms with E-state index in [1.807, 2.05) is 12.1 Å². The van der Waals surface area contributed by atoms with Crippen LogP contribution in [-0.2, 0) is 16.0 Å². The molecule has 1 fully saturated rings. The van der Waals surface area contributed by atoms with E-state index in [2.05, 4.69) is 21.1 Å². The van der Waals surface area contributed by atoms with Crippen LogP contribution in [0.25, 0.3) is 11.3 Å². The Morgan fingerprint density at radius 1 is 0.970 bits per heavy atom. The summed E-state index contributed by atoms with van der Waals surface area (Å²) < 4.78 is 19.0. The fourth-order valence-electron chi connectivity index (χ4n) is 3.65. The van der Waals surface area contributed by atoms with E-state index in [-0.39, 0.29) is 36.3 Å². The van der Waals surface area contributed by atoms with Crippen molar-refractivity contribution in [3.63, 3.8) is 0 Å². The van der Waals surface area contributed by atoms with Gasteiger partial charge in [-0.3, -0.25) is 14.4 Å². The highest BCUT2D eigenvalue weighted by Gasteiger charge is 2.26. The van der Waals surface area contributed by atoms with Gasteiger partial charge in [-0.05, 0) is 52.3 Å². The van der Waals surface area contributed by atoms with Crippen molar-refractivity contribution >= 4 is 33.5 Å². The van der Waals surface area contributed by atoms with Crippen molar-refractivity contribution < 1.29 is 23.3 Å². The topological polar surface area (TPSA) is 83.7 Å². The molecule has 0 saturated carbocycles. The molecule has 3 aromatic rings. The van der Waals surface area contributed by atoms with E-state index >= 15 is 0 Å². The molecular formula is C24H21BrFN3O4. The molecule has 170 valence electrons. The van der Waals surface area contributed by atoms with Crippen molar-refractivity contribution in [2.24, 2.45) is 0 Å². The zero-order valence-electron chi connectivity index (χ0n) is 17.7. The molecule has 2 heterocycles.